The maximum absolute atomic E-state index is 2.46. The van der Waals surface area contributed by atoms with Gasteiger partial charge in [0.1, 0.15) is 0 Å². The molecule has 0 fully saturated rings. The Labute approximate surface area is 370 Å². The Bertz CT molecular complexity index is 4050. The molecular formula is C62H38N2. The van der Waals surface area contributed by atoms with Gasteiger partial charge >= 0.3 is 0 Å². The molecule has 0 N–H and O–H groups in total. The van der Waals surface area contributed by atoms with Gasteiger partial charge in [-0.25, -0.2) is 0 Å². The molecule has 14 rings (SSSR count). The van der Waals surface area contributed by atoms with Gasteiger partial charge in [-0.3, -0.25) is 0 Å². The van der Waals surface area contributed by atoms with Gasteiger partial charge in [0, 0.05) is 38.3 Å². The minimum Gasteiger partial charge on any atom is -0.309 e. The minimum absolute atomic E-state index is 1.15. The fourth-order valence-corrected chi connectivity index (χ4v) is 10.9. The molecule has 296 valence electrons. The Morgan fingerprint density at radius 3 is 1.61 bits per heavy atom. The van der Waals surface area contributed by atoms with Crippen LogP contribution in [0.4, 0.5) is 0 Å². The highest BCUT2D eigenvalue weighted by Crippen LogP contribution is 2.48. The first-order valence-electron chi connectivity index (χ1n) is 22.2. The van der Waals surface area contributed by atoms with E-state index in [4.69, 9.17) is 0 Å². The lowest BCUT2D eigenvalue weighted by Crippen LogP contribution is -1.95. The molecule has 0 saturated carbocycles. The van der Waals surface area contributed by atoms with E-state index in [9.17, 15) is 0 Å². The van der Waals surface area contributed by atoms with E-state index >= 15 is 0 Å². The van der Waals surface area contributed by atoms with E-state index in [1.165, 1.54) is 121 Å². The van der Waals surface area contributed by atoms with Crippen LogP contribution in [0.15, 0.2) is 231 Å². The zero-order valence-corrected chi connectivity index (χ0v) is 34.8. The first-order valence-corrected chi connectivity index (χ1v) is 22.2. The van der Waals surface area contributed by atoms with E-state index in [0.717, 1.165) is 11.4 Å². The second-order valence-corrected chi connectivity index (χ2v) is 17.3. The maximum Gasteiger partial charge on any atom is 0.0619 e. The molecule has 2 heterocycles. The van der Waals surface area contributed by atoms with Crippen molar-refractivity contribution < 1.29 is 0 Å². The fraction of sp³-hybridized carbons (Fsp3) is 0. The number of benzene rings is 11. The zero-order valence-electron chi connectivity index (χ0n) is 34.8. The number of hydrogen-bond acceptors (Lipinski definition) is 0. The molecule has 13 aromatic rings. The Balaban J connectivity index is 0.891. The molecule has 2 nitrogen and oxygen atoms in total. The van der Waals surface area contributed by atoms with Crippen LogP contribution >= 0.6 is 0 Å². The number of fused-ring (bicyclic) bond motifs is 11. The van der Waals surface area contributed by atoms with Crippen molar-refractivity contribution in [3.8, 4) is 67.0 Å². The molecule has 2 aromatic heterocycles. The molecule has 0 aliphatic heterocycles. The van der Waals surface area contributed by atoms with Crippen molar-refractivity contribution in [1.82, 2.24) is 9.13 Å². The average molecular weight is 811 g/mol. The maximum atomic E-state index is 2.46. The van der Waals surface area contributed by atoms with Crippen LogP contribution in [0.5, 0.6) is 0 Å². The third-order valence-electron chi connectivity index (χ3n) is 13.8. The monoisotopic (exact) mass is 810 g/mol. The van der Waals surface area contributed by atoms with Gasteiger partial charge in [0.2, 0.25) is 0 Å². The van der Waals surface area contributed by atoms with Crippen LogP contribution < -0.4 is 0 Å². The molecule has 0 radical (unpaired) electrons. The Morgan fingerprint density at radius 2 is 0.797 bits per heavy atom. The lowest BCUT2D eigenvalue weighted by Gasteiger charge is -2.12. The minimum atomic E-state index is 1.15. The summed E-state index contributed by atoms with van der Waals surface area (Å²) in [5.41, 5.74) is 19.7. The van der Waals surface area contributed by atoms with Crippen LogP contribution in [0.3, 0.4) is 0 Å². The second-order valence-electron chi connectivity index (χ2n) is 17.3. The van der Waals surface area contributed by atoms with Crippen molar-refractivity contribution in [2.24, 2.45) is 0 Å². The predicted molar refractivity (Wildman–Crippen MR) is 271 cm³/mol. The van der Waals surface area contributed by atoms with Crippen LogP contribution in [-0.2, 0) is 0 Å². The molecule has 0 saturated heterocycles. The highest BCUT2D eigenvalue weighted by molar-refractivity contribution is 6.20. The van der Waals surface area contributed by atoms with Gasteiger partial charge in [-0.1, -0.05) is 170 Å². The average Bonchev–Trinajstić information content (AvgIpc) is 4.00. The van der Waals surface area contributed by atoms with Gasteiger partial charge in [-0.05, 0) is 132 Å². The lowest BCUT2D eigenvalue weighted by atomic mass is 9.97. The second kappa shape index (κ2) is 13.5. The van der Waals surface area contributed by atoms with E-state index < -0.39 is 0 Å². The summed E-state index contributed by atoms with van der Waals surface area (Å²) in [5, 5.41) is 10.1. The number of hydrogen-bond donors (Lipinski definition) is 0. The molecular weight excluding hydrogens is 773 g/mol. The molecule has 0 bridgehead atoms. The molecule has 64 heavy (non-hydrogen) atoms. The molecule has 11 aromatic carbocycles. The summed E-state index contributed by atoms with van der Waals surface area (Å²) in [6.45, 7) is 0. The summed E-state index contributed by atoms with van der Waals surface area (Å²) in [6, 6.07) is 85.3. The van der Waals surface area contributed by atoms with E-state index in [-0.39, 0.29) is 0 Å². The van der Waals surface area contributed by atoms with Crippen molar-refractivity contribution in [3.05, 3.63) is 231 Å². The topological polar surface area (TPSA) is 9.86 Å². The molecule has 0 unspecified atom stereocenters. The summed E-state index contributed by atoms with van der Waals surface area (Å²) in [7, 11) is 0. The SMILES string of the molecule is c1ccc(-c2ccc(-n3c4ccc(-c5ccc6c(c5)c5ccccc5n6-c5cccc(-c6ccc7c(c6)-c6cccc8cccc-7c68)c5)cc4c4ccc5ccccc5c43)cc2)cc1. The Morgan fingerprint density at radius 1 is 0.234 bits per heavy atom. The predicted octanol–water partition coefficient (Wildman–Crippen LogP) is 16.8. The lowest BCUT2D eigenvalue weighted by molar-refractivity contribution is 1.18. The van der Waals surface area contributed by atoms with E-state index in [2.05, 4.69) is 240 Å². The summed E-state index contributed by atoms with van der Waals surface area (Å²) >= 11 is 0. The molecule has 0 amide bonds. The van der Waals surface area contributed by atoms with E-state index in [1.807, 2.05) is 0 Å². The summed E-state index contributed by atoms with van der Waals surface area (Å²) in [6.07, 6.45) is 0. The Hall–Kier alpha value is -8.46. The van der Waals surface area contributed by atoms with Crippen molar-refractivity contribution in [2.45, 2.75) is 0 Å². The quantitative estimate of drug-likeness (QED) is 0.164. The highest BCUT2D eigenvalue weighted by atomic mass is 15.0. The van der Waals surface area contributed by atoms with Crippen molar-refractivity contribution >= 4 is 65.2 Å². The molecule has 1 aliphatic rings. The van der Waals surface area contributed by atoms with Crippen molar-refractivity contribution in [3.63, 3.8) is 0 Å². The van der Waals surface area contributed by atoms with Gasteiger partial charge in [-0.2, -0.15) is 0 Å². The zero-order chi connectivity index (χ0) is 41.9. The van der Waals surface area contributed by atoms with Crippen LogP contribution in [0.2, 0.25) is 0 Å². The third kappa shape index (κ3) is 5.14. The number of aromatic nitrogens is 2. The van der Waals surface area contributed by atoms with Gasteiger partial charge in [0.15, 0.2) is 0 Å². The summed E-state index contributed by atoms with van der Waals surface area (Å²) in [5.74, 6) is 0. The van der Waals surface area contributed by atoms with Gasteiger partial charge in [0.25, 0.3) is 0 Å². The first kappa shape index (κ1) is 35.2. The fourth-order valence-electron chi connectivity index (χ4n) is 10.9. The first-order chi connectivity index (χ1) is 31.7. The van der Waals surface area contributed by atoms with Gasteiger partial charge in [0.05, 0.1) is 22.1 Å². The van der Waals surface area contributed by atoms with Crippen molar-refractivity contribution in [2.75, 3.05) is 0 Å². The standard InChI is InChI=1S/C62H38N2/c1-2-11-39(12-3-1)40-23-29-47(30-24-40)64-60-34-28-46(38-57(60)54-32-25-41-13-4-5-18-49(41)62(54)64)45-27-33-59-56(37-45)51-19-6-7-22-58(51)63(59)48-17-8-16-43(35-48)44-26-31-50-52-20-9-14-42-15-10-21-53(61(42)52)55(50)36-44/h1-38H. The number of rotatable bonds is 5. The number of para-hydroxylation sites is 1. The molecule has 0 atom stereocenters. The molecule has 2 heteroatoms. The van der Waals surface area contributed by atoms with Crippen molar-refractivity contribution in [1.29, 1.82) is 0 Å². The summed E-state index contributed by atoms with van der Waals surface area (Å²) < 4.78 is 4.89. The van der Waals surface area contributed by atoms with E-state index in [1.54, 1.807) is 0 Å². The van der Waals surface area contributed by atoms with Gasteiger partial charge < -0.3 is 9.13 Å². The molecule has 0 spiro atoms. The Kier molecular flexibility index (Phi) is 7.43. The van der Waals surface area contributed by atoms with Gasteiger partial charge in [-0.15, -0.1) is 0 Å². The third-order valence-corrected chi connectivity index (χ3v) is 13.8. The van der Waals surface area contributed by atoms with Crippen LogP contribution in [0.1, 0.15) is 0 Å². The number of nitrogens with zero attached hydrogens (tertiary/aromatic N) is 2. The largest absolute Gasteiger partial charge is 0.309 e. The normalized spacial score (nSPS) is 12.1. The van der Waals surface area contributed by atoms with Crippen LogP contribution in [-0.4, -0.2) is 9.13 Å². The smallest absolute Gasteiger partial charge is 0.0619 e. The summed E-state index contributed by atoms with van der Waals surface area (Å²) in [4.78, 5) is 0. The molecule has 1 aliphatic carbocycles. The van der Waals surface area contributed by atoms with E-state index in [0.29, 0.717) is 0 Å². The highest BCUT2D eigenvalue weighted by Gasteiger charge is 2.22. The van der Waals surface area contributed by atoms with Crippen LogP contribution in [0.25, 0.3) is 132 Å². The van der Waals surface area contributed by atoms with Crippen LogP contribution in [0, 0.1) is 0 Å².